The highest BCUT2D eigenvalue weighted by Crippen LogP contribution is 2.24. The second kappa shape index (κ2) is 3.56. The quantitative estimate of drug-likeness (QED) is 0.691. The summed E-state index contributed by atoms with van der Waals surface area (Å²) in [5, 5.41) is 3.35. The highest BCUT2D eigenvalue weighted by molar-refractivity contribution is 5.74. The molecule has 0 aliphatic carbocycles. The summed E-state index contributed by atoms with van der Waals surface area (Å²) in [6.07, 6.45) is 1.00. The molecule has 0 saturated carbocycles. The Balaban J connectivity index is 1.96. The largest absolute Gasteiger partial charge is 0.333 e. The van der Waals surface area contributed by atoms with E-state index >= 15 is 0 Å². The molecule has 16 heavy (non-hydrogen) atoms. The summed E-state index contributed by atoms with van der Waals surface area (Å²) in [4.78, 5) is 17.9. The number of nitrogens with one attached hydrogen (secondary N) is 1. The average molecular weight is 217 g/mol. The molecule has 4 nitrogen and oxygen atoms in total. The van der Waals surface area contributed by atoms with Gasteiger partial charge in [0.1, 0.15) is 0 Å². The SMILES string of the molecule is CC(=O)N1Cc2cc3c(nc2C1)CCNC3. The van der Waals surface area contributed by atoms with Crippen LogP contribution in [0, 0.1) is 0 Å². The zero-order valence-electron chi connectivity index (χ0n) is 9.42. The third-order valence-corrected chi connectivity index (χ3v) is 3.36. The number of fused-ring (bicyclic) bond motifs is 2. The molecule has 2 aliphatic heterocycles. The van der Waals surface area contributed by atoms with Crippen LogP contribution in [0.5, 0.6) is 0 Å². The number of carbonyl (C=O) groups excluding carboxylic acids is 1. The van der Waals surface area contributed by atoms with E-state index in [1.807, 2.05) is 4.90 Å². The van der Waals surface area contributed by atoms with Gasteiger partial charge >= 0.3 is 0 Å². The van der Waals surface area contributed by atoms with Gasteiger partial charge in [-0.25, -0.2) is 0 Å². The fourth-order valence-electron chi connectivity index (χ4n) is 2.42. The fourth-order valence-corrected chi connectivity index (χ4v) is 2.42. The van der Waals surface area contributed by atoms with Crippen LogP contribution < -0.4 is 5.32 Å². The van der Waals surface area contributed by atoms with Crippen molar-refractivity contribution in [2.75, 3.05) is 6.54 Å². The first-order valence-corrected chi connectivity index (χ1v) is 5.71. The third-order valence-electron chi connectivity index (χ3n) is 3.36. The van der Waals surface area contributed by atoms with Crippen molar-refractivity contribution >= 4 is 5.91 Å². The molecule has 84 valence electrons. The van der Waals surface area contributed by atoms with Crippen molar-refractivity contribution in [2.24, 2.45) is 0 Å². The highest BCUT2D eigenvalue weighted by Gasteiger charge is 2.24. The number of aromatic nitrogens is 1. The Labute approximate surface area is 94.7 Å². The van der Waals surface area contributed by atoms with Gasteiger partial charge in [-0.15, -0.1) is 0 Å². The highest BCUT2D eigenvalue weighted by atomic mass is 16.2. The van der Waals surface area contributed by atoms with Gasteiger partial charge in [0, 0.05) is 38.7 Å². The minimum atomic E-state index is 0.133. The summed E-state index contributed by atoms with van der Waals surface area (Å²) in [5.74, 6) is 0.133. The predicted molar refractivity (Wildman–Crippen MR) is 59.6 cm³/mol. The smallest absolute Gasteiger partial charge is 0.220 e. The number of nitrogens with zero attached hydrogens (tertiary/aromatic N) is 2. The molecule has 0 aromatic carbocycles. The Bertz CT molecular complexity index is 421. The standard InChI is InChI=1S/C12H15N3O/c1-8(16)15-6-10-4-9-5-13-3-2-11(9)14-12(10)7-15/h4,13H,2-3,5-7H2,1H3. The summed E-state index contributed by atoms with van der Waals surface area (Å²) in [6.45, 7) is 4.95. The van der Waals surface area contributed by atoms with E-state index in [1.165, 1.54) is 16.8 Å². The molecule has 1 N–H and O–H groups in total. The molecule has 0 atom stereocenters. The van der Waals surface area contributed by atoms with Gasteiger partial charge in [-0.05, 0) is 17.2 Å². The number of hydrogen-bond acceptors (Lipinski definition) is 3. The van der Waals surface area contributed by atoms with Gasteiger partial charge in [0.25, 0.3) is 0 Å². The monoisotopic (exact) mass is 217 g/mol. The van der Waals surface area contributed by atoms with Gasteiger partial charge in [-0.3, -0.25) is 9.78 Å². The summed E-state index contributed by atoms with van der Waals surface area (Å²) < 4.78 is 0. The maximum absolute atomic E-state index is 11.3. The molecular weight excluding hydrogens is 202 g/mol. The minimum absolute atomic E-state index is 0.133. The molecule has 3 rings (SSSR count). The fraction of sp³-hybridized carbons (Fsp3) is 0.500. The van der Waals surface area contributed by atoms with Crippen LogP contribution in [0.1, 0.15) is 29.4 Å². The summed E-state index contributed by atoms with van der Waals surface area (Å²) in [7, 11) is 0. The predicted octanol–water partition coefficient (Wildman–Crippen LogP) is 0.589. The molecule has 0 saturated heterocycles. The number of amides is 1. The van der Waals surface area contributed by atoms with E-state index in [0.29, 0.717) is 6.54 Å². The van der Waals surface area contributed by atoms with Gasteiger partial charge in [-0.1, -0.05) is 0 Å². The van der Waals surface area contributed by atoms with E-state index in [-0.39, 0.29) is 5.91 Å². The van der Waals surface area contributed by atoms with E-state index in [9.17, 15) is 4.79 Å². The second-order valence-electron chi connectivity index (χ2n) is 4.50. The zero-order valence-corrected chi connectivity index (χ0v) is 9.42. The van der Waals surface area contributed by atoms with Crippen molar-refractivity contribution in [3.05, 3.63) is 28.6 Å². The van der Waals surface area contributed by atoms with Crippen LogP contribution in [0.15, 0.2) is 6.07 Å². The lowest BCUT2D eigenvalue weighted by Crippen LogP contribution is -2.25. The summed E-state index contributed by atoms with van der Waals surface area (Å²) in [6, 6.07) is 2.22. The Kier molecular flexibility index (Phi) is 2.17. The van der Waals surface area contributed by atoms with E-state index < -0.39 is 0 Å². The van der Waals surface area contributed by atoms with E-state index in [1.54, 1.807) is 6.92 Å². The van der Waals surface area contributed by atoms with Crippen molar-refractivity contribution in [1.82, 2.24) is 15.2 Å². The molecule has 4 heteroatoms. The van der Waals surface area contributed by atoms with Gasteiger partial charge < -0.3 is 10.2 Å². The van der Waals surface area contributed by atoms with Gasteiger partial charge in [0.05, 0.1) is 12.2 Å². The Morgan fingerprint density at radius 1 is 1.38 bits per heavy atom. The van der Waals surface area contributed by atoms with Crippen molar-refractivity contribution in [1.29, 1.82) is 0 Å². The Hall–Kier alpha value is -1.42. The molecule has 1 aromatic heterocycles. The normalized spacial score (nSPS) is 18.2. The average Bonchev–Trinajstić information content (AvgIpc) is 2.68. The van der Waals surface area contributed by atoms with Crippen molar-refractivity contribution < 1.29 is 4.79 Å². The van der Waals surface area contributed by atoms with E-state index in [4.69, 9.17) is 4.98 Å². The topological polar surface area (TPSA) is 45.2 Å². The van der Waals surface area contributed by atoms with Crippen molar-refractivity contribution in [2.45, 2.75) is 33.0 Å². The van der Waals surface area contributed by atoms with Gasteiger partial charge in [0.15, 0.2) is 0 Å². The lowest BCUT2D eigenvalue weighted by molar-refractivity contribution is -0.129. The third kappa shape index (κ3) is 1.50. The molecule has 1 aromatic rings. The first-order chi connectivity index (χ1) is 7.74. The molecular formula is C12H15N3O. The van der Waals surface area contributed by atoms with Crippen LogP contribution in [-0.4, -0.2) is 22.3 Å². The molecule has 0 radical (unpaired) electrons. The number of pyridine rings is 1. The molecule has 3 heterocycles. The first kappa shape index (κ1) is 9.78. The Morgan fingerprint density at radius 2 is 2.25 bits per heavy atom. The second-order valence-corrected chi connectivity index (χ2v) is 4.50. The van der Waals surface area contributed by atoms with Gasteiger partial charge in [0.2, 0.25) is 5.91 Å². The van der Waals surface area contributed by atoms with Crippen LogP contribution in [0.3, 0.4) is 0 Å². The Morgan fingerprint density at radius 3 is 3.06 bits per heavy atom. The molecule has 0 spiro atoms. The lowest BCUT2D eigenvalue weighted by atomic mass is 10.0. The van der Waals surface area contributed by atoms with E-state index in [0.717, 1.165) is 31.7 Å². The maximum Gasteiger partial charge on any atom is 0.220 e. The molecule has 1 amide bonds. The molecule has 0 bridgehead atoms. The van der Waals surface area contributed by atoms with Gasteiger partial charge in [-0.2, -0.15) is 0 Å². The molecule has 2 aliphatic rings. The van der Waals surface area contributed by atoms with Crippen LogP contribution >= 0.6 is 0 Å². The van der Waals surface area contributed by atoms with Crippen molar-refractivity contribution in [3.63, 3.8) is 0 Å². The molecule has 0 fully saturated rings. The maximum atomic E-state index is 11.3. The van der Waals surface area contributed by atoms with Crippen LogP contribution in [0.2, 0.25) is 0 Å². The number of rotatable bonds is 0. The van der Waals surface area contributed by atoms with Crippen LogP contribution in [0.25, 0.3) is 0 Å². The van der Waals surface area contributed by atoms with E-state index in [2.05, 4.69) is 11.4 Å². The minimum Gasteiger partial charge on any atom is -0.333 e. The lowest BCUT2D eigenvalue weighted by Gasteiger charge is -2.16. The number of carbonyl (C=O) groups is 1. The van der Waals surface area contributed by atoms with Crippen LogP contribution in [0.4, 0.5) is 0 Å². The summed E-state index contributed by atoms with van der Waals surface area (Å²) in [5.41, 5.74) is 4.83. The number of hydrogen-bond donors (Lipinski definition) is 1. The zero-order chi connectivity index (χ0) is 11.1. The molecule has 0 unspecified atom stereocenters. The summed E-state index contributed by atoms with van der Waals surface area (Å²) >= 11 is 0. The van der Waals surface area contributed by atoms with Crippen LogP contribution in [-0.2, 0) is 30.8 Å². The van der Waals surface area contributed by atoms with Crippen molar-refractivity contribution in [3.8, 4) is 0 Å². The first-order valence-electron chi connectivity index (χ1n) is 5.71.